The predicted molar refractivity (Wildman–Crippen MR) is 74.0 cm³/mol. The highest BCUT2D eigenvalue weighted by molar-refractivity contribution is 5.97. The Kier molecular flexibility index (Phi) is 3.12. The Labute approximate surface area is 114 Å². The van der Waals surface area contributed by atoms with Gasteiger partial charge in [-0.3, -0.25) is 9.69 Å². The molecule has 19 heavy (non-hydrogen) atoms. The van der Waals surface area contributed by atoms with Crippen LogP contribution in [-0.2, 0) is 5.41 Å². The number of carbonyl (C=O) groups is 1. The third-order valence-electron chi connectivity index (χ3n) is 3.06. The standard InChI is InChI=1S/C15H20N2O2/c1-9(2)17-10(3)19-11-7-8-12(15(4,5)6)16-13(11)14(17)18/h7-9H,3H2,1-2,4-6H3. The van der Waals surface area contributed by atoms with Crippen LogP contribution in [0.5, 0.6) is 5.75 Å². The minimum Gasteiger partial charge on any atom is -0.439 e. The number of fused-ring (bicyclic) bond motifs is 1. The number of ether oxygens (including phenoxy) is 1. The summed E-state index contributed by atoms with van der Waals surface area (Å²) >= 11 is 0. The van der Waals surface area contributed by atoms with Gasteiger partial charge in [0.1, 0.15) is 0 Å². The zero-order chi connectivity index (χ0) is 14.4. The molecule has 0 saturated carbocycles. The highest BCUT2D eigenvalue weighted by atomic mass is 16.5. The number of hydrogen-bond donors (Lipinski definition) is 0. The monoisotopic (exact) mass is 260 g/mol. The van der Waals surface area contributed by atoms with Crippen LogP contribution in [0, 0.1) is 0 Å². The summed E-state index contributed by atoms with van der Waals surface area (Å²) in [6.45, 7) is 13.8. The molecule has 102 valence electrons. The van der Waals surface area contributed by atoms with E-state index < -0.39 is 0 Å². The molecule has 0 bridgehead atoms. The number of carbonyl (C=O) groups excluding carboxylic acids is 1. The van der Waals surface area contributed by atoms with E-state index in [9.17, 15) is 4.79 Å². The Hall–Kier alpha value is -1.84. The quantitative estimate of drug-likeness (QED) is 0.779. The van der Waals surface area contributed by atoms with Crippen molar-refractivity contribution < 1.29 is 9.53 Å². The first-order valence-electron chi connectivity index (χ1n) is 6.43. The van der Waals surface area contributed by atoms with E-state index in [4.69, 9.17) is 4.74 Å². The van der Waals surface area contributed by atoms with Crippen molar-refractivity contribution in [3.8, 4) is 5.75 Å². The second-order valence-electron chi connectivity index (χ2n) is 6.06. The molecule has 0 atom stereocenters. The fourth-order valence-corrected chi connectivity index (χ4v) is 2.03. The molecule has 0 unspecified atom stereocenters. The third kappa shape index (κ3) is 2.35. The van der Waals surface area contributed by atoms with Crippen LogP contribution in [0.3, 0.4) is 0 Å². The molecule has 0 aliphatic carbocycles. The van der Waals surface area contributed by atoms with Crippen molar-refractivity contribution in [2.24, 2.45) is 0 Å². The number of aromatic nitrogens is 1. The van der Waals surface area contributed by atoms with E-state index in [1.165, 1.54) is 4.90 Å². The predicted octanol–water partition coefficient (Wildman–Crippen LogP) is 3.09. The summed E-state index contributed by atoms with van der Waals surface area (Å²) < 4.78 is 5.59. The van der Waals surface area contributed by atoms with Gasteiger partial charge in [-0.15, -0.1) is 0 Å². The molecule has 0 saturated heterocycles. The van der Waals surface area contributed by atoms with Gasteiger partial charge in [0, 0.05) is 17.2 Å². The molecule has 1 aliphatic rings. The van der Waals surface area contributed by atoms with Crippen molar-refractivity contribution in [1.82, 2.24) is 9.88 Å². The molecule has 0 N–H and O–H groups in total. The van der Waals surface area contributed by atoms with Crippen molar-refractivity contribution >= 4 is 5.91 Å². The molecule has 0 fully saturated rings. The normalized spacial score (nSPS) is 15.6. The van der Waals surface area contributed by atoms with Crippen LogP contribution >= 0.6 is 0 Å². The number of amides is 1. The van der Waals surface area contributed by atoms with Gasteiger partial charge in [0.05, 0.1) is 0 Å². The largest absolute Gasteiger partial charge is 0.439 e. The lowest BCUT2D eigenvalue weighted by molar-refractivity contribution is 0.0632. The fraction of sp³-hybridized carbons (Fsp3) is 0.467. The minimum absolute atomic E-state index is 0.00626. The van der Waals surface area contributed by atoms with Gasteiger partial charge < -0.3 is 4.74 Å². The maximum atomic E-state index is 12.5. The lowest BCUT2D eigenvalue weighted by Crippen LogP contribution is -2.41. The Balaban J connectivity index is 2.51. The molecule has 4 nitrogen and oxygen atoms in total. The average Bonchev–Trinajstić information content (AvgIpc) is 2.26. The molecule has 0 radical (unpaired) electrons. The van der Waals surface area contributed by atoms with Gasteiger partial charge in [-0.25, -0.2) is 4.98 Å². The molecule has 2 rings (SSSR count). The van der Waals surface area contributed by atoms with Crippen molar-refractivity contribution in [1.29, 1.82) is 0 Å². The molecule has 2 heterocycles. The van der Waals surface area contributed by atoms with Gasteiger partial charge in [0.15, 0.2) is 17.3 Å². The van der Waals surface area contributed by atoms with E-state index in [1.807, 2.05) is 19.9 Å². The number of nitrogens with zero attached hydrogens (tertiary/aromatic N) is 2. The molecule has 4 heteroatoms. The van der Waals surface area contributed by atoms with Crippen LogP contribution in [-0.4, -0.2) is 21.8 Å². The lowest BCUT2D eigenvalue weighted by Gasteiger charge is -2.32. The molecular formula is C15H20N2O2. The van der Waals surface area contributed by atoms with Gasteiger partial charge in [-0.2, -0.15) is 0 Å². The Bertz CT molecular complexity index is 542. The van der Waals surface area contributed by atoms with Crippen molar-refractivity contribution in [3.63, 3.8) is 0 Å². The first-order valence-corrected chi connectivity index (χ1v) is 6.43. The SMILES string of the molecule is C=C1Oc2ccc(C(C)(C)C)nc2C(=O)N1C(C)C. The maximum Gasteiger partial charge on any atom is 0.283 e. The Morgan fingerprint density at radius 1 is 1.32 bits per heavy atom. The van der Waals surface area contributed by atoms with Crippen LogP contribution in [0.15, 0.2) is 24.6 Å². The van der Waals surface area contributed by atoms with Gasteiger partial charge in [0.2, 0.25) is 0 Å². The van der Waals surface area contributed by atoms with E-state index in [0.29, 0.717) is 17.3 Å². The molecule has 1 aromatic rings. The van der Waals surface area contributed by atoms with E-state index in [-0.39, 0.29) is 17.4 Å². The minimum atomic E-state index is -0.146. The van der Waals surface area contributed by atoms with Crippen LogP contribution in [0.25, 0.3) is 0 Å². The average molecular weight is 260 g/mol. The second kappa shape index (κ2) is 4.37. The van der Waals surface area contributed by atoms with E-state index in [0.717, 1.165) is 5.69 Å². The first-order chi connectivity index (χ1) is 8.71. The van der Waals surface area contributed by atoms with E-state index in [2.05, 4.69) is 32.3 Å². The Morgan fingerprint density at radius 2 is 1.95 bits per heavy atom. The number of rotatable bonds is 1. The van der Waals surface area contributed by atoms with Crippen LogP contribution in [0.2, 0.25) is 0 Å². The molecule has 1 aliphatic heterocycles. The van der Waals surface area contributed by atoms with Gasteiger partial charge in [0.25, 0.3) is 5.91 Å². The number of hydrogen-bond acceptors (Lipinski definition) is 3. The number of pyridine rings is 1. The summed E-state index contributed by atoms with van der Waals surface area (Å²) in [6.07, 6.45) is 0. The summed E-state index contributed by atoms with van der Waals surface area (Å²) in [6, 6.07) is 3.68. The van der Waals surface area contributed by atoms with Gasteiger partial charge in [-0.05, 0) is 32.6 Å². The van der Waals surface area contributed by atoms with Crippen LogP contribution in [0.4, 0.5) is 0 Å². The Morgan fingerprint density at radius 3 is 2.47 bits per heavy atom. The summed E-state index contributed by atoms with van der Waals surface area (Å²) in [4.78, 5) is 18.5. The molecule has 0 spiro atoms. The third-order valence-corrected chi connectivity index (χ3v) is 3.06. The van der Waals surface area contributed by atoms with Gasteiger partial charge in [-0.1, -0.05) is 20.8 Å². The van der Waals surface area contributed by atoms with Gasteiger partial charge >= 0.3 is 0 Å². The summed E-state index contributed by atoms with van der Waals surface area (Å²) in [5, 5.41) is 0. The maximum absolute atomic E-state index is 12.5. The van der Waals surface area contributed by atoms with Crippen molar-refractivity contribution in [2.45, 2.75) is 46.1 Å². The molecule has 1 aromatic heterocycles. The zero-order valence-electron chi connectivity index (χ0n) is 12.2. The summed E-state index contributed by atoms with van der Waals surface area (Å²) in [5.41, 5.74) is 1.14. The van der Waals surface area contributed by atoms with E-state index in [1.54, 1.807) is 6.07 Å². The van der Waals surface area contributed by atoms with Crippen LogP contribution < -0.4 is 4.74 Å². The van der Waals surface area contributed by atoms with E-state index >= 15 is 0 Å². The fourth-order valence-electron chi connectivity index (χ4n) is 2.03. The molecule has 1 amide bonds. The molecular weight excluding hydrogens is 240 g/mol. The molecule has 0 aromatic carbocycles. The van der Waals surface area contributed by atoms with Crippen molar-refractivity contribution in [2.75, 3.05) is 0 Å². The zero-order valence-corrected chi connectivity index (χ0v) is 12.2. The van der Waals surface area contributed by atoms with Crippen LogP contribution in [0.1, 0.15) is 50.8 Å². The van der Waals surface area contributed by atoms with Crippen molar-refractivity contribution in [3.05, 3.63) is 36.0 Å². The highest BCUT2D eigenvalue weighted by Gasteiger charge is 2.33. The second-order valence-corrected chi connectivity index (χ2v) is 6.06. The first kappa shape index (κ1) is 13.6. The lowest BCUT2D eigenvalue weighted by atomic mass is 9.91. The summed E-state index contributed by atoms with van der Waals surface area (Å²) in [7, 11) is 0. The summed E-state index contributed by atoms with van der Waals surface area (Å²) in [5.74, 6) is 0.699. The topological polar surface area (TPSA) is 42.4 Å². The smallest absolute Gasteiger partial charge is 0.283 e. The highest BCUT2D eigenvalue weighted by Crippen LogP contribution is 2.31.